The summed E-state index contributed by atoms with van der Waals surface area (Å²) in [5, 5.41) is 0.776. The molecule has 0 amide bonds. The first-order valence-electron chi connectivity index (χ1n) is 3.27. The molecular formula is C8H14S. The van der Waals surface area contributed by atoms with Crippen molar-refractivity contribution in [2.24, 2.45) is 0 Å². The first-order chi connectivity index (χ1) is 4.31. The van der Waals surface area contributed by atoms with Crippen molar-refractivity contribution in [3.8, 4) is 12.3 Å². The zero-order chi connectivity index (χ0) is 7.11. The van der Waals surface area contributed by atoms with Gasteiger partial charge in [-0.05, 0) is 19.1 Å². The SMILES string of the molecule is C#CCCCC(C)SC. The monoisotopic (exact) mass is 142 g/mol. The van der Waals surface area contributed by atoms with Crippen molar-refractivity contribution in [2.75, 3.05) is 6.26 Å². The van der Waals surface area contributed by atoms with Gasteiger partial charge in [-0.15, -0.1) is 12.3 Å². The molecule has 52 valence electrons. The number of thioether (sulfide) groups is 1. The third-order valence-corrected chi connectivity index (χ3v) is 2.37. The van der Waals surface area contributed by atoms with Gasteiger partial charge >= 0.3 is 0 Å². The van der Waals surface area contributed by atoms with Crippen LogP contribution in [0.15, 0.2) is 0 Å². The highest BCUT2D eigenvalue weighted by molar-refractivity contribution is 7.99. The standard InChI is InChI=1S/C8H14S/c1-4-5-6-7-8(2)9-3/h1,8H,5-7H2,2-3H3. The molecule has 0 spiro atoms. The van der Waals surface area contributed by atoms with E-state index in [0.29, 0.717) is 0 Å². The smallest absolute Gasteiger partial charge is 0.00864 e. The minimum Gasteiger partial charge on any atom is -0.162 e. The Kier molecular flexibility index (Phi) is 5.98. The maximum Gasteiger partial charge on any atom is 0.00864 e. The number of rotatable bonds is 4. The van der Waals surface area contributed by atoms with E-state index in [4.69, 9.17) is 6.42 Å². The third-order valence-electron chi connectivity index (χ3n) is 1.33. The normalized spacial score (nSPS) is 12.6. The highest BCUT2D eigenvalue weighted by Crippen LogP contribution is 2.12. The molecule has 1 heteroatoms. The molecule has 0 aliphatic carbocycles. The van der Waals surface area contributed by atoms with E-state index >= 15 is 0 Å². The predicted octanol–water partition coefficient (Wildman–Crippen LogP) is 2.54. The highest BCUT2D eigenvalue weighted by Gasteiger charge is 1.95. The first kappa shape index (κ1) is 8.91. The molecule has 0 N–H and O–H groups in total. The van der Waals surface area contributed by atoms with Crippen LogP contribution in [0, 0.1) is 12.3 Å². The number of hydrogen-bond donors (Lipinski definition) is 0. The van der Waals surface area contributed by atoms with Crippen molar-refractivity contribution in [3.63, 3.8) is 0 Å². The lowest BCUT2D eigenvalue weighted by Gasteiger charge is -2.04. The van der Waals surface area contributed by atoms with Crippen molar-refractivity contribution in [3.05, 3.63) is 0 Å². The summed E-state index contributed by atoms with van der Waals surface area (Å²) in [6.07, 6.45) is 10.6. The van der Waals surface area contributed by atoms with Crippen molar-refractivity contribution < 1.29 is 0 Å². The van der Waals surface area contributed by atoms with Gasteiger partial charge in [0.15, 0.2) is 0 Å². The maximum absolute atomic E-state index is 5.10. The van der Waals surface area contributed by atoms with Crippen LogP contribution >= 0.6 is 11.8 Å². The zero-order valence-electron chi connectivity index (χ0n) is 6.18. The summed E-state index contributed by atoms with van der Waals surface area (Å²) in [7, 11) is 0. The number of unbranched alkanes of at least 4 members (excludes halogenated alkanes) is 1. The predicted molar refractivity (Wildman–Crippen MR) is 45.7 cm³/mol. The minimum absolute atomic E-state index is 0.776. The fourth-order valence-corrected chi connectivity index (χ4v) is 1.01. The van der Waals surface area contributed by atoms with E-state index < -0.39 is 0 Å². The second-order valence-corrected chi connectivity index (χ2v) is 3.42. The number of hydrogen-bond acceptors (Lipinski definition) is 1. The summed E-state index contributed by atoms with van der Waals surface area (Å²) >= 11 is 1.91. The fourth-order valence-electron chi connectivity index (χ4n) is 0.609. The molecule has 0 nitrogen and oxygen atoms in total. The molecule has 0 bridgehead atoms. The van der Waals surface area contributed by atoms with E-state index in [2.05, 4.69) is 19.1 Å². The lowest BCUT2D eigenvalue weighted by Crippen LogP contribution is -1.93. The molecule has 0 fully saturated rings. The van der Waals surface area contributed by atoms with Gasteiger partial charge in [-0.25, -0.2) is 0 Å². The van der Waals surface area contributed by atoms with E-state index in [1.54, 1.807) is 0 Å². The number of terminal acetylenes is 1. The summed E-state index contributed by atoms with van der Waals surface area (Å²) in [6.45, 7) is 2.24. The van der Waals surface area contributed by atoms with Crippen LogP contribution in [0.3, 0.4) is 0 Å². The molecule has 0 aromatic carbocycles. The molecular weight excluding hydrogens is 128 g/mol. The Labute approximate surface area is 62.4 Å². The molecule has 1 atom stereocenters. The van der Waals surface area contributed by atoms with Gasteiger partial charge in [-0.3, -0.25) is 0 Å². The molecule has 0 aromatic heterocycles. The second kappa shape index (κ2) is 6.04. The van der Waals surface area contributed by atoms with E-state index in [9.17, 15) is 0 Å². The van der Waals surface area contributed by atoms with Gasteiger partial charge in [0.1, 0.15) is 0 Å². The Balaban J connectivity index is 2.99. The van der Waals surface area contributed by atoms with Crippen LogP contribution < -0.4 is 0 Å². The van der Waals surface area contributed by atoms with E-state index in [1.807, 2.05) is 11.8 Å². The lowest BCUT2D eigenvalue weighted by atomic mass is 10.2. The van der Waals surface area contributed by atoms with E-state index in [-0.39, 0.29) is 0 Å². The topological polar surface area (TPSA) is 0 Å². The molecule has 0 saturated heterocycles. The third kappa shape index (κ3) is 5.79. The van der Waals surface area contributed by atoms with Crippen LogP contribution in [-0.4, -0.2) is 11.5 Å². The fraction of sp³-hybridized carbons (Fsp3) is 0.750. The molecule has 0 radical (unpaired) electrons. The van der Waals surface area contributed by atoms with E-state index in [1.165, 1.54) is 12.8 Å². The van der Waals surface area contributed by atoms with Crippen LogP contribution in [0.25, 0.3) is 0 Å². The molecule has 0 aliphatic rings. The van der Waals surface area contributed by atoms with Crippen molar-refractivity contribution in [1.29, 1.82) is 0 Å². The van der Waals surface area contributed by atoms with Crippen LogP contribution in [0.4, 0.5) is 0 Å². The molecule has 0 aromatic rings. The average molecular weight is 142 g/mol. The Hall–Kier alpha value is -0.0900. The van der Waals surface area contributed by atoms with Crippen molar-refractivity contribution >= 4 is 11.8 Å². The summed E-state index contributed by atoms with van der Waals surface area (Å²) in [5.74, 6) is 2.64. The van der Waals surface area contributed by atoms with Crippen molar-refractivity contribution in [2.45, 2.75) is 31.4 Å². The molecule has 0 heterocycles. The van der Waals surface area contributed by atoms with Crippen LogP contribution in [-0.2, 0) is 0 Å². The quantitative estimate of drug-likeness (QED) is 0.429. The van der Waals surface area contributed by atoms with E-state index in [0.717, 1.165) is 11.7 Å². The van der Waals surface area contributed by atoms with Gasteiger partial charge < -0.3 is 0 Å². The molecule has 0 rings (SSSR count). The van der Waals surface area contributed by atoms with Crippen LogP contribution in [0.5, 0.6) is 0 Å². The van der Waals surface area contributed by atoms with Crippen LogP contribution in [0.1, 0.15) is 26.2 Å². The van der Waals surface area contributed by atoms with Gasteiger partial charge in [0.05, 0.1) is 0 Å². The zero-order valence-corrected chi connectivity index (χ0v) is 7.00. The average Bonchev–Trinajstić information content (AvgIpc) is 1.89. The highest BCUT2D eigenvalue weighted by atomic mass is 32.2. The lowest BCUT2D eigenvalue weighted by molar-refractivity contribution is 0.752. The molecule has 9 heavy (non-hydrogen) atoms. The van der Waals surface area contributed by atoms with Gasteiger partial charge in [0, 0.05) is 11.7 Å². The second-order valence-electron chi connectivity index (χ2n) is 2.14. The van der Waals surface area contributed by atoms with Gasteiger partial charge in [-0.2, -0.15) is 11.8 Å². The Morgan fingerprint density at radius 1 is 1.67 bits per heavy atom. The first-order valence-corrected chi connectivity index (χ1v) is 4.56. The summed E-state index contributed by atoms with van der Waals surface area (Å²) in [5.41, 5.74) is 0. The summed E-state index contributed by atoms with van der Waals surface area (Å²) in [6, 6.07) is 0. The Bertz CT molecular complexity index is 91.2. The summed E-state index contributed by atoms with van der Waals surface area (Å²) in [4.78, 5) is 0. The van der Waals surface area contributed by atoms with Gasteiger partial charge in [0.25, 0.3) is 0 Å². The van der Waals surface area contributed by atoms with Crippen LogP contribution in [0.2, 0.25) is 0 Å². The van der Waals surface area contributed by atoms with Gasteiger partial charge in [0.2, 0.25) is 0 Å². The largest absolute Gasteiger partial charge is 0.162 e. The van der Waals surface area contributed by atoms with Gasteiger partial charge in [-0.1, -0.05) is 6.92 Å². The summed E-state index contributed by atoms with van der Waals surface area (Å²) < 4.78 is 0. The van der Waals surface area contributed by atoms with Crippen molar-refractivity contribution in [1.82, 2.24) is 0 Å². The maximum atomic E-state index is 5.10. The molecule has 0 aliphatic heterocycles. The molecule has 0 saturated carbocycles. The Morgan fingerprint density at radius 2 is 2.33 bits per heavy atom. The molecule has 1 unspecified atom stereocenters. The minimum atomic E-state index is 0.776. The Morgan fingerprint density at radius 3 is 2.78 bits per heavy atom.